The molecule has 2 heterocycles. The van der Waals surface area contributed by atoms with Crippen LogP contribution in [-0.4, -0.2) is 46.3 Å². The summed E-state index contributed by atoms with van der Waals surface area (Å²) in [7, 11) is 1.98. The minimum atomic E-state index is 0. The fourth-order valence-electron chi connectivity index (χ4n) is 3.00. The summed E-state index contributed by atoms with van der Waals surface area (Å²) in [5.41, 5.74) is 1.36. The number of rotatable bonds is 3. The highest BCUT2D eigenvalue weighted by Crippen LogP contribution is 2.27. The Balaban J connectivity index is 0.00000161. The van der Waals surface area contributed by atoms with E-state index in [9.17, 15) is 0 Å². The lowest BCUT2D eigenvalue weighted by atomic mass is 9.93. The maximum Gasteiger partial charge on any atom is 0.194 e. The van der Waals surface area contributed by atoms with Gasteiger partial charge in [-0.1, -0.05) is 0 Å². The predicted octanol–water partition coefficient (Wildman–Crippen LogP) is 2.35. The first-order valence-corrected chi connectivity index (χ1v) is 7.80. The molecule has 1 aromatic heterocycles. The summed E-state index contributed by atoms with van der Waals surface area (Å²) in [5.74, 6) is 1.71. The molecule has 3 rings (SSSR count). The number of hydrogen-bond acceptors (Lipinski definition) is 2. The van der Waals surface area contributed by atoms with Gasteiger partial charge in [0.05, 0.1) is 6.20 Å². The number of aryl methyl sites for hydroxylation is 1. The summed E-state index contributed by atoms with van der Waals surface area (Å²) in [6.07, 6.45) is 9.29. The first-order chi connectivity index (χ1) is 9.76. The molecule has 1 N–H and O–H groups in total. The highest BCUT2D eigenvalue weighted by Gasteiger charge is 2.28. The Hall–Kier alpha value is -0.790. The maximum atomic E-state index is 4.67. The third-order valence-electron chi connectivity index (χ3n) is 4.43. The van der Waals surface area contributed by atoms with Gasteiger partial charge in [-0.3, -0.25) is 9.67 Å². The molecule has 0 spiro atoms. The molecule has 0 amide bonds. The van der Waals surface area contributed by atoms with Crippen LogP contribution in [0.15, 0.2) is 17.4 Å². The van der Waals surface area contributed by atoms with Gasteiger partial charge in [-0.05, 0) is 38.2 Å². The van der Waals surface area contributed by atoms with E-state index in [1.165, 1.54) is 31.2 Å². The van der Waals surface area contributed by atoms with Crippen molar-refractivity contribution in [2.45, 2.75) is 44.6 Å². The minimum Gasteiger partial charge on any atom is -0.354 e. The van der Waals surface area contributed by atoms with Gasteiger partial charge >= 0.3 is 0 Å². The van der Waals surface area contributed by atoms with Crippen molar-refractivity contribution in [3.8, 4) is 0 Å². The molecule has 1 aromatic rings. The Kier molecular flexibility index (Phi) is 5.89. The fraction of sp³-hybridized carbons (Fsp3) is 0.733. The molecule has 21 heavy (non-hydrogen) atoms. The summed E-state index contributed by atoms with van der Waals surface area (Å²) in [4.78, 5) is 7.09. The second-order valence-corrected chi connectivity index (χ2v) is 5.95. The number of guanidine groups is 1. The number of nitrogens with zero attached hydrogens (tertiary/aromatic N) is 4. The topological polar surface area (TPSA) is 45.5 Å². The predicted molar refractivity (Wildman–Crippen MR) is 96.3 cm³/mol. The van der Waals surface area contributed by atoms with E-state index in [1.54, 1.807) is 0 Å². The zero-order valence-electron chi connectivity index (χ0n) is 13.0. The molecule has 1 saturated heterocycles. The van der Waals surface area contributed by atoms with Gasteiger partial charge in [0.25, 0.3) is 0 Å². The van der Waals surface area contributed by atoms with Crippen molar-refractivity contribution in [2.75, 3.05) is 19.6 Å². The van der Waals surface area contributed by atoms with Crippen LogP contribution in [0.3, 0.4) is 0 Å². The number of aliphatic imine (C=N–C) groups is 1. The van der Waals surface area contributed by atoms with E-state index in [-0.39, 0.29) is 24.0 Å². The molecule has 2 fully saturated rings. The first-order valence-electron chi connectivity index (χ1n) is 7.80. The number of nitrogens with one attached hydrogen (secondary N) is 1. The molecule has 5 nitrogen and oxygen atoms in total. The Morgan fingerprint density at radius 2 is 2.24 bits per heavy atom. The molecular formula is C15H26IN5. The van der Waals surface area contributed by atoms with Crippen LogP contribution in [0.2, 0.25) is 0 Å². The molecule has 6 heteroatoms. The lowest BCUT2D eigenvalue weighted by molar-refractivity contribution is 0.360. The first kappa shape index (κ1) is 16.6. The zero-order valence-corrected chi connectivity index (χ0v) is 15.3. The van der Waals surface area contributed by atoms with Gasteiger partial charge < -0.3 is 10.2 Å². The van der Waals surface area contributed by atoms with Gasteiger partial charge in [-0.15, -0.1) is 24.0 Å². The van der Waals surface area contributed by atoms with Gasteiger partial charge in [0.15, 0.2) is 5.96 Å². The summed E-state index contributed by atoms with van der Waals surface area (Å²) >= 11 is 0. The van der Waals surface area contributed by atoms with Gasteiger partial charge in [-0.25, -0.2) is 0 Å². The lowest BCUT2D eigenvalue weighted by Crippen LogP contribution is -2.47. The van der Waals surface area contributed by atoms with E-state index >= 15 is 0 Å². The molecule has 1 unspecified atom stereocenters. The van der Waals surface area contributed by atoms with Gasteiger partial charge in [0.1, 0.15) is 0 Å². The zero-order chi connectivity index (χ0) is 13.9. The molecule has 118 valence electrons. The van der Waals surface area contributed by atoms with E-state index in [0.717, 1.165) is 25.6 Å². The highest BCUT2D eigenvalue weighted by molar-refractivity contribution is 14.0. The molecule has 1 aliphatic heterocycles. The lowest BCUT2D eigenvalue weighted by Gasteiger charge is -2.31. The van der Waals surface area contributed by atoms with Crippen molar-refractivity contribution in [2.24, 2.45) is 12.0 Å². The van der Waals surface area contributed by atoms with E-state index in [1.807, 2.05) is 17.9 Å². The molecule has 0 aromatic carbocycles. The Morgan fingerprint density at radius 3 is 2.81 bits per heavy atom. The Morgan fingerprint density at radius 1 is 1.43 bits per heavy atom. The van der Waals surface area contributed by atoms with E-state index in [0.29, 0.717) is 12.0 Å². The van der Waals surface area contributed by atoms with Crippen molar-refractivity contribution >= 4 is 29.9 Å². The summed E-state index contributed by atoms with van der Waals surface area (Å²) in [6, 6.07) is 0.651. The van der Waals surface area contributed by atoms with Crippen LogP contribution < -0.4 is 5.32 Å². The molecule has 1 aliphatic carbocycles. The van der Waals surface area contributed by atoms with Crippen LogP contribution in [0, 0.1) is 0 Å². The smallest absolute Gasteiger partial charge is 0.194 e. The standard InChI is InChI=1S/C15H25N5.HI/c1-3-16-15(18-14-5-4-6-14)20-8-7-12(11-20)13-9-17-19(2)10-13;/h9-10,12,14H,3-8,11H2,1-2H3,(H,16,18);1H. The summed E-state index contributed by atoms with van der Waals surface area (Å²) < 4.78 is 1.89. The fourth-order valence-corrected chi connectivity index (χ4v) is 3.00. The second-order valence-electron chi connectivity index (χ2n) is 5.95. The molecular weight excluding hydrogens is 377 g/mol. The Bertz CT molecular complexity index is 480. The van der Waals surface area contributed by atoms with E-state index in [4.69, 9.17) is 0 Å². The average Bonchev–Trinajstić information content (AvgIpc) is 3.00. The van der Waals surface area contributed by atoms with Crippen LogP contribution in [0.1, 0.15) is 44.1 Å². The highest BCUT2D eigenvalue weighted by atomic mass is 127. The van der Waals surface area contributed by atoms with E-state index in [2.05, 4.69) is 33.4 Å². The number of halogens is 1. The van der Waals surface area contributed by atoms with Crippen molar-refractivity contribution in [3.05, 3.63) is 18.0 Å². The molecule has 0 radical (unpaired) electrons. The van der Waals surface area contributed by atoms with Crippen LogP contribution in [-0.2, 0) is 7.05 Å². The Labute approximate surface area is 144 Å². The molecule has 1 saturated carbocycles. The largest absolute Gasteiger partial charge is 0.354 e. The SMILES string of the molecule is CCN=C(NC1CCC1)N1CCC(c2cnn(C)c2)C1.I. The van der Waals surface area contributed by atoms with Crippen LogP contribution in [0.5, 0.6) is 0 Å². The van der Waals surface area contributed by atoms with Crippen molar-refractivity contribution in [3.63, 3.8) is 0 Å². The second kappa shape index (κ2) is 7.47. The molecule has 0 bridgehead atoms. The monoisotopic (exact) mass is 403 g/mol. The summed E-state index contributed by atoms with van der Waals surface area (Å²) in [5, 5.41) is 7.92. The average molecular weight is 403 g/mol. The number of aromatic nitrogens is 2. The van der Waals surface area contributed by atoms with Crippen molar-refractivity contribution in [1.82, 2.24) is 20.0 Å². The van der Waals surface area contributed by atoms with Crippen LogP contribution >= 0.6 is 24.0 Å². The molecule has 2 aliphatic rings. The minimum absolute atomic E-state index is 0. The van der Waals surface area contributed by atoms with Crippen LogP contribution in [0.4, 0.5) is 0 Å². The van der Waals surface area contributed by atoms with Crippen molar-refractivity contribution < 1.29 is 0 Å². The van der Waals surface area contributed by atoms with Crippen molar-refractivity contribution in [1.29, 1.82) is 0 Å². The van der Waals surface area contributed by atoms with E-state index < -0.39 is 0 Å². The molecule has 1 atom stereocenters. The third-order valence-corrected chi connectivity index (χ3v) is 4.43. The number of hydrogen-bond donors (Lipinski definition) is 1. The van der Waals surface area contributed by atoms with Gasteiger partial charge in [-0.2, -0.15) is 5.10 Å². The third kappa shape index (κ3) is 3.90. The van der Waals surface area contributed by atoms with Gasteiger partial charge in [0.2, 0.25) is 0 Å². The van der Waals surface area contributed by atoms with Gasteiger partial charge in [0, 0.05) is 44.8 Å². The normalized spacial score (nSPS) is 22.9. The number of likely N-dealkylation sites (tertiary alicyclic amines) is 1. The maximum absolute atomic E-state index is 4.67. The summed E-state index contributed by atoms with van der Waals surface area (Å²) in [6.45, 7) is 5.11. The van der Waals surface area contributed by atoms with Crippen LogP contribution in [0.25, 0.3) is 0 Å². The quantitative estimate of drug-likeness (QED) is 0.479.